The van der Waals surface area contributed by atoms with E-state index in [2.05, 4.69) is 16.7 Å². The minimum atomic E-state index is -0.315. The van der Waals surface area contributed by atoms with E-state index in [9.17, 15) is 4.79 Å². The molecule has 2 rings (SSSR count). The van der Waals surface area contributed by atoms with Crippen LogP contribution in [0.5, 0.6) is 0 Å². The number of hydrogen-bond acceptors (Lipinski definition) is 2. The number of carbonyl (C=O) groups excluding carboxylic acids is 1. The molecular weight excluding hydrogens is 200 g/mol. The van der Waals surface area contributed by atoms with Gasteiger partial charge < -0.3 is 10.6 Å². The topological polar surface area (TPSA) is 41.1 Å². The second-order valence-electron chi connectivity index (χ2n) is 5.12. The highest BCUT2D eigenvalue weighted by Gasteiger charge is 2.35. The maximum Gasteiger partial charge on any atom is 0.240 e. The first kappa shape index (κ1) is 11.6. The van der Waals surface area contributed by atoms with Crippen molar-refractivity contribution in [1.82, 2.24) is 10.6 Å². The molecule has 3 nitrogen and oxygen atoms in total. The van der Waals surface area contributed by atoms with Crippen LogP contribution in [0.3, 0.4) is 0 Å². The van der Waals surface area contributed by atoms with Crippen molar-refractivity contribution in [2.24, 2.45) is 0 Å². The van der Waals surface area contributed by atoms with Crippen LogP contribution in [0.4, 0.5) is 0 Å². The van der Waals surface area contributed by atoms with Gasteiger partial charge in [0.25, 0.3) is 0 Å². The third-order valence-electron chi connectivity index (χ3n) is 3.74. The summed E-state index contributed by atoms with van der Waals surface area (Å²) in [5, 5.41) is 6.33. The molecule has 3 heteroatoms. The van der Waals surface area contributed by atoms with Crippen molar-refractivity contribution in [2.45, 2.75) is 51.0 Å². The van der Waals surface area contributed by atoms with Crippen LogP contribution < -0.4 is 10.6 Å². The van der Waals surface area contributed by atoms with Crippen LogP contribution in [0.15, 0.2) is 11.6 Å². The van der Waals surface area contributed by atoms with Gasteiger partial charge in [0.15, 0.2) is 0 Å². The van der Waals surface area contributed by atoms with Crippen molar-refractivity contribution in [1.29, 1.82) is 0 Å². The Morgan fingerprint density at radius 2 is 2.44 bits per heavy atom. The van der Waals surface area contributed by atoms with Crippen LogP contribution in [0.1, 0.15) is 45.4 Å². The zero-order chi connectivity index (χ0) is 11.4. The number of allylic oxidation sites excluding steroid dienone is 1. The molecule has 16 heavy (non-hydrogen) atoms. The lowest BCUT2D eigenvalue weighted by Crippen LogP contribution is -2.51. The first-order chi connectivity index (χ1) is 7.71. The van der Waals surface area contributed by atoms with Crippen LogP contribution in [0, 0.1) is 0 Å². The molecule has 1 unspecified atom stereocenters. The Labute approximate surface area is 97.7 Å². The maximum atomic E-state index is 11.9. The fourth-order valence-electron chi connectivity index (χ4n) is 2.58. The van der Waals surface area contributed by atoms with Crippen molar-refractivity contribution in [2.75, 3.05) is 13.1 Å². The van der Waals surface area contributed by atoms with Crippen LogP contribution in [0.25, 0.3) is 0 Å². The summed E-state index contributed by atoms with van der Waals surface area (Å²) >= 11 is 0. The summed E-state index contributed by atoms with van der Waals surface area (Å²) in [6.45, 7) is 3.77. The average Bonchev–Trinajstić information content (AvgIpc) is 2.90. The largest absolute Gasteiger partial charge is 0.354 e. The minimum Gasteiger partial charge on any atom is -0.354 e. The van der Waals surface area contributed by atoms with Gasteiger partial charge in [0.1, 0.15) is 0 Å². The Bertz CT molecular complexity index is 290. The average molecular weight is 222 g/mol. The summed E-state index contributed by atoms with van der Waals surface area (Å²) in [6.07, 6.45) is 9.16. The summed E-state index contributed by atoms with van der Waals surface area (Å²) in [5.74, 6) is 0.170. The van der Waals surface area contributed by atoms with Crippen LogP contribution in [0.2, 0.25) is 0 Å². The number of rotatable bonds is 4. The van der Waals surface area contributed by atoms with Gasteiger partial charge in [0.2, 0.25) is 5.91 Å². The Kier molecular flexibility index (Phi) is 3.64. The summed E-state index contributed by atoms with van der Waals surface area (Å²) in [6, 6.07) is 0. The molecule has 0 radical (unpaired) electrons. The predicted molar refractivity (Wildman–Crippen MR) is 65.2 cm³/mol. The predicted octanol–water partition coefficient (Wildman–Crippen LogP) is 1.75. The molecule has 2 aliphatic rings. The molecule has 0 aromatic carbocycles. The number of carbonyl (C=O) groups is 1. The maximum absolute atomic E-state index is 11.9. The van der Waals surface area contributed by atoms with Crippen molar-refractivity contribution in [3.05, 3.63) is 11.6 Å². The molecule has 0 bridgehead atoms. The molecule has 0 aromatic rings. The first-order valence-corrected chi connectivity index (χ1v) is 6.42. The fourth-order valence-corrected chi connectivity index (χ4v) is 2.58. The molecule has 90 valence electrons. The van der Waals surface area contributed by atoms with E-state index in [0.29, 0.717) is 0 Å². The molecule has 1 saturated heterocycles. The Morgan fingerprint density at radius 3 is 3.06 bits per heavy atom. The first-order valence-electron chi connectivity index (χ1n) is 6.42. The number of hydrogen-bond donors (Lipinski definition) is 2. The van der Waals surface area contributed by atoms with Crippen molar-refractivity contribution in [3.63, 3.8) is 0 Å². The van der Waals surface area contributed by atoms with Gasteiger partial charge in [-0.3, -0.25) is 4.79 Å². The van der Waals surface area contributed by atoms with E-state index in [1.165, 1.54) is 24.8 Å². The Hall–Kier alpha value is -0.830. The smallest absolute Gasteiger partial charge is 0.240 e. The third-order valence-corrected chi connectivity index (χ3v) is 3.74. The van der Waals surface area contributed by atoms with Gasteiger partial charge in [0.05, 0.1) is 5.54 Å². The third kappa shape index (κ3) is 2.64. The minimum absolute atomic E-state index is 0.170. The highest BCUT2D eigenvalue weighted by Crippen LogP contribution is 2.21. The SMILES string of the molecule is CC1(C(=O)NCCC2=CCCC2)CCCN1. The lowest BCUT2D eigenvalue weighted by Gasteiger charge is -2.23. The molecule has 0 aromatic heterocycles. The lowest BCUT2D eigenvalue weighted by molar-refractivity contribution is -0.126. The second-order valence-corrected chi connectivity index (χ2v) is 5.12. The number of nitrogens with one attached hydrogen (secondary N) is 2. The van der Waals surface area contributed by atoms with Crippen molar-refractivity contribution < 1.29 is 4.79 Å². The highest BCUT2D eigenvalue weighted by atomic mass is 16.2. The van der Waals surface area contributed by atoms with Gasteiger partial charge >= 0.3 is 0 Å². The highest BCUT2D eigenvalue weighted by molar-refractivity contribution is 5.86. The van der Waals surface area contributed by atoms with Gasteiger partial charge in [-0.05, 0) is 52.0 Å². The van der Waals surface area contributed by atoms with E-state index >= 15 is 0 Å². The van der Waals surface area contributed by atoms with Crippen molar-refractivity contribution in [3.8, 4) is 0 Å². The standard InChI is InChI=1S/C13H22N2O/c1-13(8-4-9-15-13)12(16)14-10-7-11-5-2-3-6-11/h5,15H,2-4,6-10H2,1H3,(H,14,16). The molecule has 1 fully saturated rings. The van der Waals surface area contributed by atoms with Gasteiger partial charge in [-0.25, -0.2) is 0 Å². The number of amides is 1. The second kappa shape index (κ2) is 5.00. The Morgan fingerprint density at radius 1 is 1.56 bits per heavy atom. The summed E-state index contributed by atoms with van der Waals surface area (Å²) in [7, 11) is 0. The van der Waals surface area contributed by atoms with E-state index in [-0.39, 0.29) is 11.4 Å². The van der Waals surface area contributed by atoms with E-state index < -0.39 is 0 Å². The molecule has 1 heterocycles. The quantitative estimate of drug-likeness (QED) is 0.711. The molecule has 1 amide bonds. The molecule has 1 aliphatic carbocycles. The van der Waals surface area contributed by atoms with Crippen LogP contribution >= 0.6 is 0 Å². The fraction of sp³-hybridized carbons (Fsp3) is 0.769. The van der Waals surface area contributed by atoms with E-state index in [1.807, 2.05) is 6.92 Å². The molecule has 0 spiro atoms. The summed E-state index contributed by atoms with van der Waals surface area (Å²) < 4.78 is 0. The van der Waals surface area contributed by atoms with Gasteiger partial charge in [-0.2, -0.15) is 0 Å². The van der Waals surface area contributed by atoms with Gasteiger partial charge in [-0.1, -0.05) is 11.6 Å². The summed E-state index contributed by atoms with van der Waals surface area (Å²) in [4.78, 5) is 11.9. The molecule has 1 aliphatic heterocycles. The molecule has 1 atom stereocenters. The van der Waals surface area contributed by atoms with Gasteiger partial charge in [0, 0.05) is 6.54 Å². The van der Waals surface area contributed by atoms with E-state index in [4.69, 9.17) is 0 Å². The van der Waals surface area contributed by atoms with Crippen LogP contribution in [-0.2, 0) is 4.79 Å². The molecule has 2 N–H and O–H groups in total. The van der Waals surface area contributed by atoms with E-state index in [0.717, 1.165) is 32.4 Å². The van der Waals surface area contributed by atoms with Crippen molar-refractivity contribution >= 4 is 5.91 Å². The van der Waals surface area contributed by atoms with Gasteiger partial charge in [-0.15, -0.1) is 0 Å². The monoisotopic (exact) mass is 222 g/mol. The zero-order valence-corrected chi connectivity index (χ0v) is 10.1. The zero-order valence-electron chi connectivity index (χ0n) is 10.1. The lowest BCUT2D eigenvalue weighted by atomic mass is 9.99. The normalized spacial score (nSPS) is 29.2. The van der Waals surface area contributed by atoms with E-state index in [1.54, 1.807) is 0 Å². The molecule has 0 saturated carbocycles. The Balaban J connectivity index is 1.71. The summed E-state index contributed by atoms with van der Waals surface area (Å²) in [5.41, 5.74) is 1.20. The molecular formula is C13H22N2O. The van der Waals surface area contributed by atoms with Crippen LogP contribution in [-0.4, -0.2) is 24.5 Å².